The van der Waals surface area contributed by atoms with Crippen molar-refractivity contribution in [3.63, 3.8) is 0 Å². The largest absolute Gasteiger partial charge is 0.485 e. The quantitative estimate of drug-likeness (QED) is 0.495. The summed E-state index contributed by atoms with van der Waals surface area (Å²) in [4.78, 5) is 34.2. The molecular formula is C32H43N3O8. The van der Waals surface area contributed by atoms with E-state index in [1.807, 2.05) is 24.0 Å². The molecule has 5 rings (SSSR count). The van der Waals surface area contributed by atoms with E-state index in [9.17, 15) is 19.8 Å². The third-order valence-corrected chi connectivity index (χ3v) is 8.47. The Morgan fingerprint density at radius 3 is 2.70 bits per heavy atom. The average Bonchev–Trinajstić information content (AvgIpc) is 3.51. The van der Waals surface area contributed by atoms with Crippen molar-refractivity contribution in [1.29, 1.82) is 0 Å². The van der Waals surface area contributed by atoms with Crippen LogP contribution in [0.15, 0.2) is 35.0 Å². The average molecular weight is 598 g/mol. The second-order valence-corrected chi connectivity index (χ2v) is 13.2. The molecule has 234 valence electrons. The number of benzene rings is 1. The SMILES string of the molecule is COC1=N[C@H](Cc2cn(C(=O)OC(C)(C)C)c3c4c(ccc23)OC(C)(C)C(O)CO4)C(=O)N2CCC[C@@]12C/C=C(\C)CO. The number of aliphatic imine (C=N–C) groups is 1. The first-order valence-electron chi connectivity index (χ1n) is 14.8. The van der Waals surface area contributed by atoms with Crippen molar-refractivity contribution < 1.29 is 38.7 Å². The van der Waals surface area contributed by atoms with Crippen LogP contribution in [0.5, 0.6) is 11.5 Å². The van der Waals surface area contributed by atoms with E-state index in [0.717, 1.165) is 18.4 Å². The smallest absolute Gasteiger partial charge is 0.419 e. The van der Waals surface area contributed by atoms with Crippen LogP contribution in [-0.4, -0.2) is 93.3 Å². The zero-order valence-electron chi connectivity index (χ0n) is 26.1. The predicted molar refractivity (Wildman–Crippen MR) is 161 cm³/mol. The Balaban J connectivity index is 1.59. The highest BCUT2D eigenvalue weighted by molar-refractivity contribution is 6.01. The lowest BCUT2D eigenvalue weighted by molar-refractivity contribution is -0.136. The minimum Gasteiger partial charge on any atom is -0.485 e. The van der Waals surface area contributed by atoms with Gasteiger partial charge in [-0.05, 0) is 78.5 Å². The van der Waals surface area contributed by atoms with Crippen LogP contribution in [-0.2, 0) is 20.7 Å². The molecule has 2 N–H and O–H groups in total. The van der Waals surface area contributed by atoms with Crippen molar-refractivity contribution in [2.75, 3.05) is 26.9 Å². The second-order valence-electron chi connectivity index (χ2n) is 13.2. The molecule has 0 spiro atoms. The summed E-state index contributed by atoms with van der Waals surface area (Å²) in [6, 6.07) is 2.82. The molecule has 1 aromatic carbocycles. The zero-order valence-corrected chi connectivity index (χ0v) is 26.1. The number of carbonyl (C=O) groups excluding carboxylic acids is 2. The van der Waals surface area contributed by atoms with Gasteiger partial charge in [0.25, 0.3) is 0 Å². The maximum atomic E-state index is 14.0. The molecule has 1 fully saturated rings. The zero-order chi connectivity index (χ0) is 31.3. The standard InChI is InChI=1S/C32H43N3O8/c1-19(17-36)11-13-32-12-8-14-35(32)27(38)22(33-28(32)40-7)15-20-16-34(29(39)43-30(2,3)4)25-21(20)9-10-23-26(25)41-18-24(37)31(5,6)42-23/h9-11,16,22,24,36-37H,8,12-15,17-18H2,1-7H3/b19-11+/t22-,24?,32-/m1/s1. The maximum absolute atomic E-state index is 14.0. The number of rotatable bonds is 5. The van der Waals surface area contributed by atoms with Crippen LogP contribution in [0.4, 0.5) is 4.79 Å². The predicted octanol–water partition coefficient (Wildman–Crippen LogP) is 3.99. The van der Waals surface area contributed by atoms with Gasteiger partial charge in [0, 0.05) is 24.5 Å². The fraction of sp³-hybridized carbons (Fsp3) is 0.594. The van der Waals surface area contributed by atoms with Crippen molar-refractivity contribution in [2.45, 2.75) is 96.1 Å². The summed E-state index contributed by atoms with van der Waals surface area (Å²) in [5, 5.41) is 20.8. The summed E-state index contributed by atoms with van der Waals surface area (Å²) >= 11 is 0. The summed E-state index contributed by atoms with van der Waals surface area (Å²) in [7, 11) is 1.57. The van der Waals surface area contributed by atoms with E-state index < -0.39 is 35.0 Å². The van der Waals surface area contributed by atoms with Crippen LogP contribution >= 0.6 is 0 Å². The molecule has 3 aliphatic heterocycles. The van der Waals surface area contributed by atoms with Gasteiger partial charge in [-0.3, -0.25) is 4.79 Å². The number of aromatic nitrogens is 1. The van der Waals surface area contributed by atoms with E-state index in [1.165, 1.54) is 4.57 Å². The molecule has 3 atom stereocenters. The van der Waals surface area contributed by atoms with Crippen molar-refractivity contribution in [2.24, 2.45) is 4.99 Å². The number of nitrogens with zero attached hydrogens (tertiary/aromatic N) is 3. The van der Waals surface area contributed by atoms with Crippen molar-refractivity contribution >= 4 is 28.8 Å². The van der Waals surface area contributed by atoms with Gasteiger partial charge in [0.1, 0.15) is 41.0 Å². The van der Waals surface area contributed by atoms with Crippen LogP contribution in [0.25, 0.3) is 10.9 Å². The van der Waals surface area contributed by atoms with Gasteiger partial charge >= 0.3 is 6.09 Å². The Kier molecular flexibility index (Phi) is 8.02. The number of aliphatic hydroxyl groups is 2. The van der Waals surface area contributed by atoms with E-state index in [0.29, 0.717) is 46.8 Å². The first kappa shape index (κ1) is 30.9. The number of methoxy groups -OCH3 is 1. The number of ether oxygens (including phenoxy) is 4. The van der Waals surface area contributed by atoms with Gasteiger partial charge in [0.2, 0.25) is 11.8 Å². The molecule has 0 saturated carbocycles. The lowest BCUT2D eigenvalue weighted by Crippen LogP contribution is -2.60. The molecule has 0 radical (unpaired) electrons. The Labute approximate surface area is 252 Å². The van der Waals surface area contributed by atoms with Crippen LogP contribution < -0.4 is 9.47 Å². The summed E-state index contributed by atoms with van der Waals surface area (Å²) in [6.45, 7) is 11.3. The summed E-state index contributed by atoms with van der Waals surface area (Å²) in [5.74, 6) is 1.10. The van der Waals surface area contributed by atoms with Crippen LogP contribution in [0.1, 0.15) is 66.4 Å². The lowest BCUT2D eigenvalue weighted by atomic mass is 9.87. The number of carbonyl (C=O) groups is 2. The van der Waals surface area contributed by atoms with Gasteiger partial charge in [0.15, 0.2) is 11.5 Å². The fourth-order valence-corrected chi connectivity index (χ4v) is 6.10. The minimum absolute atomic E-state index is 0.0300. The molecule has 43 heavy (non-hydrogen) atoms. The van der Waals surface area contributed by atoms with Crippen LogP contribution in [0.3, 0.4) is 0 Å². The number of hydrogen-bond donors (Lipinski definition) is 2. The van der Waals surface area contributed by atoms with Gasteiger partial charge in [-0.2, -0.15) is 0 Å². The molecular weight excluding hydrogens is 554 g/mol. The molecule has 4 heterocycles. The van der Waals surface area contributed by atoms with Gasteiger partial charge in [-0.15, -0.1) is 0 Å². The number of hydrogen-bond acceptors (Lipinski definition) is 9. The Morgan fingerprint density at radius 2 is 2.02 bits per heavy atom. The van der Waals surface area contributed by atoms with Gasteiger partial charge in [-0.25, -0.2) is 14.4 Å². The Bertz CT molecular complexity index is 1480. The monoisotopic (exact) mass is 597 g/mol. The van der Waals surface area contributed by atoms with Gasteiger partial charge in [-0.1, -0.05) is 11.6 Å². The van der Waals surface area contributed by atoms with Crippen molar-refractivity contribution in [3.05, 3.63) is 35.5 Å². The first-order chi connectivity index (χ1) is 20.2. The van der Waals surface area contributed by atoms with E-state index in [4.69, 9.17) is 23.9 Å². The van der Waals surface area contributed by atoms with Gasteiger partial charge < -0.3 is 34.1 Å². The molecule has 1 amide bonds. The highest BCUT2D eigenvalue weighted by Gasteiger charge is 2.53. The molecule has 11 heteroatoms. The molecule has 1 unspecified atom stereocenters. The highest BCUT2D eigenvalue weighted by atomic mass is 16.6. The molecule has 1 saturated heterocycles. The second kappa shape index (κ2) is 11.2. The fourth-order valence-electron chi connectivity index (χ4n) is 6.10. The number of amides is 1. The minimum atomic E-state index is -0.919. The topological polar surface area (TPSA) is 132 Å². The summed E-state index contributed by atoms with van der Waals surface area (Å²) in [5.41, 5.74) is -0.393. The summed E-state index contributed by atoms with van der Waals surface area (Å²) < 4.78 is 25.2. The molecule has 11 nitrogen and oxygen atoms in total. The molecule has 2 aromatic rings. The normalized spacial score (nSPS) is 25.3. The number of fused-ring (bicyclic) bond motifs is 4. The number of aliphatic hydroxyl groups excluding tert-OH is 2. The third-order valence-electron chi connectivity index (χ3n) is 8.47. The van der Waals surface area contributed by atoms with E-state index in [1.54, 1.807) is 54.0 Å². The molecule has 3 aliphatic rings. The Hall–Kier alpha value is -3.57. The van der Waals surface area contributed by atoms with Crippen molar-refractivity contribution in [1.82, 2.24) is 9.47 Å². The van der Waals surface area contributed by atoms with E-state index in [-0.39, 0.29) is 25.5 Å². The van der Waals surface area contributed by atoms with Gasteiger partial charge in [0.05, 0.1) is 13.7 Å². The highest BCUT2D eigenvalue weighted by Crippen LogP contribution is 2.44. The van der Waals surface area contributed by atoms with E-state index in [2.05, 4.69) is 0 Å². The maximum Gasteiger partial charge on any atom is 0.419 e. The molecule has 1 aromatic heterocycles. The lowest BCUT2D eigenvalue weighted by Gasteiger charge is -2.42. The summed E-state index contributed by atoms with van der Waals surface area (Å²) in [6.07, 6.45) is 4.36. The Morgan fingerprint density at radius 1 is 1.28 bits per heavy atom. The van der Waals surface area contributed by atoms with Crippen molar-refractivity contribution in [3.8, 4) is 11.5 Å². The molecule has 0 aliphatic carbocycles. The molecule has 0 bridgehead atoms. The van der Waals surface area contributed by atoms with E-state index >= 15 is 0 Å². The van der Waals surface area contributed by atoms with Crippen LogP contribution in [0, 0.1) is 0 Å². The van der Waals surface area contributed by atoms with Crippen LogP contribution in [0.2, 0.25) is 0 Å². The first-order valence-corrected chi connectivity index (χ1v) is 14.8. The third kappa shape index (κ3) is 5.60.